The molecule has 0 spiro atoms. The van der Waals surface area contributed by atoms with Crippen molar-refractivity contribution in [3.05, 3.63) is 59.9 Å². The van der Waals surface area contributed by atoms with E-state index in [-0.39, 0.29) is 11.3 Å². The molecule has 0 radical (unpaired) electrons. The van der Waals surface area contributed by atoms with Gasteiger partial charge in [-0.15, -0.1) is 0 Å². The standard InChI is InChI=1S/C15H9F3N2O/c16-15(17,18)12-6-2-1-5-11(12)13-8-20-10(9-21)4-3-7-14(20)19-13/h1-9H. The molecular weight excluding hydrogens is 281 g/mol. The number of aldehydes is 1. The molecule has 2 heterocycles. The van der Waals surface area contributed by atoms with E-state index in [9.17, 15) is 18.0 Å². The predicted octanol–water partition coefficient (Wildman–Crippen LogP) is 3.83. The van der Waals surface area contributed by atoms with Gasteiger partial charge >= 0.3 is 6.18 Å². The third-order valence-corrected chi connectivity index (χ3v) is 3.15. The van der Waals surface area contributed by atoms with E-state index in [2.05, 4.69) is 4.98 Å². The molecule has 0 aliphatic rings. The van der Waals surface area contributed by atoms with Gasteiger partial charge in [0.1, 0.15) is 5.65 Å². The molecule has 3 nitrogen and oxygen atoms in total. The maximum Gasteiger partial charge on any atom is 0.417 e. The lowest BCUT2D eigenvalue weighted by molar-refractivity contribution is -0.137. The van der Waals surface area contributed by atoms with Gasteiger partial charge in [0, 0.05) is 11.8 Å². The van der Waals surface area contributed by atoms with E-state index < -0.39 is 11.7 Å². The van der Waals surface area contributed by atoms with Crippen LogP contribution in [0.5, 0.6) is 0 Å². The number of carbonyl (C=O) groups is 1. The minimum atomic E-state index is -4.46. The van der Waals surface area contributed by atoms with Crippen LogP contribution in [0.25, 0.3) is 16.9 Å². The van der Waals surface area contributed by atoms with Crippen molar-refractivity contribution >= 4 is 11.9 Å². The molecule has 0 N–H and O–H groups in total. The van der Waals surface area contributed by atoms with Gasteiger partial charge in [-0.05, 0) is 18.2 Å². The van der Waals surface area contributed by atoms with Crippen molar-refractivity contribution in [3.63, 3.8) is 0 Å². The Hall–Kier alpha value is -2.63. The highest BCUT2D eigenvalue weighted by molar-refractivity contribution is 5.75. The maximum atomic E-state index is 13.0. The summed E-state index contributed by atoms with van der Waals surface area (Å²) >= 11 is 0. The van der Waals surface area contributed by atoms with Crippen LogP contribution in [0.2, 0.25) is 0 Å². The average molecular weight is 290 g/mol. The zero-order valence-corrected chi connectivity index (χ0v) is 10.6. The molecule has 0 atom stereocenters. The molecule has 6 heteroatoms. The molecular formula is C15H9F3N2O. The molecule has 1 aromatic carbocycles. The number of hydrogen-bond acceptors (Lipinski definition) is 2. The van der Waals surface area contributed by atoms with Gasteiger partial charge in [0.05, 0.1) is 17.0 Å². The quantitative estimate of drug-likeness (QED) is 0.672. The number of fused-ring (bicyclic) bond motifs is 1. The Bertz CT molecular complexity index is 821. The second-order valence-electron chi connectivity index (χ2n) is 4.47. The number of benzene rings is 1. The fourth-order valence-corrected chi connectivity index (χ4v) is 2.21. The zero-order valence-electron chi connectivity index (χ0n) is 10.6. The van der Waals surface area contributed by atoms with Crippen LogP contribution in [0.15, 0.2) is 48.7 Å². The second kappa shape index (κ2) is 4.73. The fourth-order valence-electron chi connectivity index (χ4n) is 2.21. The van der Waals surface area contributed by atoms with E-state index in [1.165, 1.54) is 28.8 Å². The molecule has 0 aliphatic carbocycles. The molecule has 3 rings (SSSR count). The molecule has 0 bridgehead atoms. The normalized spacial score (nSPS) is 11.8. The summed E-state index contributed by atoms with van der Waals surface area (Å²) < 4.78 is 40.6. The first-order valence-corrected chi connectivity index (χ1v) is 6.10. The molecule has 0 saturated heterocycles. The lowest BCUT2D eigenvalue weighted by Crippen LogP contribution is -2.06. The third kappa shape index (κ3) is 2.29. The van der Waals surface area contributed by atoms with Crippen LogP contribution in [0.4, 0.5) is 13.2 Å². The predicted molar refractivity (Wildman–Crippen MR) is 71.0 cm³/mol. The number of carbonyl (C=O) groups excluding carboxylic acids is 1. The smallest absolute Gasteiger partial charge is 0.296 e. The van der Waals surface area contributed by atoms with E-state index in [0.717, 1.165) is 6.07 Å². The summed E-state index contributed by atoms with van der Waals surface area (Å²) in [6, 6.07) is 10.1. The van der Waals surface area contributed by atoms with Crippen LogP contribution in [-0.2, 0) is 6.18 Å². The minimum absolute atomic E-state index is 0.00875. The lowest BCUT2D eigenvalue weighted by Gasteiger charge is -2.10. The minimum Gasteiger partial charge on any atom is -0.296 e. The largest absolute Gasteiger partial charge is 0.417 e. The average Bonchev–Trinajstić information content (AvgIpc) is 2.90. The van der Waals surface area contributed by atoms with Crippen LogP contribution >= 0.6 is 0 Å². The van der Waals surface area contributed by atoms with Crippen molar-refractivity contribution in [2.24, 2.45) is 0 Å². The molecule has 3 aromatic rings. The molecule has 0 amide bonds. The number of nitrogens with zero attached hydrogens (tertiary/aromatic N) is 2. The van der Waals surface area contributed by atoms with Crippen LogP contribution in [0.1, 0.15) is 16.1 Å². The summed E-state index contributed by atoms with van der Waals surface area (Å²) in [6.45, 7) is 0. The summed E-state index contributed by atoms with van der Waals surface area (Å²) in [6.07, 6.45) is -2.39. The zero-order chi connectivity index (χ0) is 15.0. The van der Waals surface area contributed by atoms with Gasteiger partial charge < -0.3 is 0 Å². The Balaban J connectivity index is 2.25. The summed E-state index contributed by atoms with van der Waals surface area (Å²) in [4.78, 5) is 15.1. The molecule has 21 heavy (non-hydrogen) atoms. The van der Waals surface area contributed by atoms with E-state index in [1.807, 2.05) is 0 Å². The first kappa shape index (κ1) is 13.4. The van der Waals surface area contributed by atoms with Gasteiger partial charge in [-0.3, -0.25) is 9.20 Å². The number of hydrogen-bond donors (Lipinski definition) is 0. The molecule has 0 fully saturated rings. The van der Waals surface area contributed by atoms with E-state index in [1.54, 1.807) is 18.2 Å². The Kier molecular flexibility index (Phi) is 3.01. The van der Waals surface area contributed by atoms with Gasteiger partial charge in [-0.2, -0.15) is 13.2 Å². The summed E-state index contributed by atoms with van der Waals surface area (Å²) in [7, 11) is 0. The SMILES string of the molecule is O=Cc1cccc2nc(-c3ccccc3C(F)(F)F)cn12. The van der Waals surface area contributed by atoms with Gasteiger partial charge in [0.25, 0.3) is 0 Å². The molecule has 2 aromatic heterocycles. The number of imidazole rings is 1. The summed E-state index contributed by atoms with van der Waals surface area (Å²) in [5.41, 5.74) is 0.172. The van der Waals surface area contributed by atoms with Gasteiger partial charge in [0.15, 0.2) is 6.29 Å². The van der Waals surface area contributed by atoms with Crippen molar-refractivity contribution in [2.75, 3.05) is 0 Å². The van der Waals surface area contributed by atoms with Crippen molar-refractivity contribution in [1.82, 2.24) is 9.38 Å². The van der Waals surface area contributed by atoms with Crippen molar-refractivity contribution < 1.29 is 18.0 Å². The summed E-state index contributed by atoms with van der Waals surface area (Å²) in [5.74, 6) is 0. The number of halogens is 3. The Morgan fingerprint density at radius 2 is 1.81 bits per heavy atom. The molecule has 0 aliphatic heterocycles. The van der Waals surface area contributed by atoms with Gasteiger partial charge in [0.2, 0.25) is 0 Å². The van der Waals surface area contributed by atoms with E-state index in [0.29, 0.717) is 17.6 Å². The topological polar surface area (TPSA) is 34.4 Å². The Labute approximate surface area is 117 Å². The number of alkyl halides is 3. The van der Waals surface area contributed by atoms with Crippen LogP contribution in [0, 0.1) is 0 Å². The highest BCUT2D eigenvalue weighted by atomic mass is 19.4. The highest BCUT2D eigenvalue weighted by Gasteiger charge is 2.33. The maximum absolute atomic E-state index is 13.0. The molecule has 106 valence electrons. The highest BCUT2D eigenvalue weighted by Crippen LogP contribution is 2.36. The van der Waals surface area contributed by atoms with Gasteiger partial charge in [-0.1, -0.05) is 24.3 Å². The van der Waals surface area contributed by atoms with Crippen molar-refractivity contribution in [2.45, 2.75) is 6.18 Å². The molecule has 0 unspecified atom stereocenters. The molecule has 0 saturated carbocycles. The number of pyridine rings is 1. The lowest BCUT2D eigenvalue weighted by atomic mass is 10.0. The van der Waals surface area contributed by atoms with Crippen molar-refractivity contribution in [3.8, 4) is 11.3 Å². The summed E-state index contributed by atoms with van der Waals surface area (Å²) in [5, 5.41) is 0. The third-order valence-electron chi connectivity index (χ3n) is 3.15. The van der Waals surface area contributed by atoms with Crippen LogP contribution in [-0.4, -0.2) is 15.7 Å². The van der Waals surface area contributed by atoms with Crippen LogP contribution in [0.3, 0.4) is 0 Å². The van der Waals surface area contributed by atoms with Gasteiger partial charge in [-0.25, -0.2) is 4.98 Å². The van der Waals surface area contributed by atoms with E-state index in [4.69, 9.17) is 0 Å². The van der Waals surface area contributed by atoms with Crippen molar-refractivity contribution in [1.29, 1.82) is 0 Å². The Morgan fingerprint density at radius 3 is 2.52 bits per heavy atom. The van der Waals surface area contributed by atoms with Crippen LogP contribution < -0.4 is 0 Å². The second-order valence-corrected chi connectivity index (χ2v) is 4.47. The monoisotopic (exact) mass is 290 g/mol. The number of rotatable bonds is 2. The Morgan fingerprint density at radius 1 is 1.05 bits per heavy atom. The van der Waals surface area contributed by atoms with E-state index >= 15 is 0 Å². The fraction of sp³-hybridized carbons (Fsp3) is 0.0667. The first-order valence-electron chi connectivity index (χ1n) is 6.10. The first-order chi connectivity index (χ1) is 10.0. The number of aromatic nitrogens is 2.